The molecule has 190 valence electrons. The van der Waals surface area contributed by atoms with Gasteiger partial charge in [0.25, 0.3) is 0 Å². The Morgan fingerprint density at radius 3 is 1.58 bits per heavy atom. The molecule has 0 N–H and O–H groups in total. The number of halogens is 6. The highest BCUT2D eigenvalue weighted by atomic mass is 31.2. The molecule has 0 heterocycles. The molecule has 0 aliphatic rings. The maximum atomic E-state index is 14.4. The van der Waals surface area contributed by atoms with E-state index in [-0.39, 0.29) is 5.56 Å². The maximum absolute atomic E-state index is 14.4. The molecule has 1 atom stereocenters. The predicted molar refractivity (Wildman–Crippen MR) is 124 cm³/mol. The van der Waals surface area contributed by atoms with Crippen molar-refractivity contribution in [2.24, 2.45) is 0 Å². The Kier molecular flexibility index (Phi) is 7.12. The number of alkyl halides is 6. The predicted octanol–water partition coefficient (Wildman–Crippen LogP) is 7.63. The molecular formula is C26H21F6O3P. The monoisotopic (exact) mass is 526 g/mol. The van der Waals surface area contributed by atoms with Crippen molar-refractivity contribution in [3.05, 3.63) is 99.1 Å². The Bertz CT molecular complexity index is 1370. The van der Waals surface area contributed by atoms with E-state index in [9.17, 15) is 40.5 Å². The van der Waals surface area contributed by atoms with Gasteiger partial charge in [-0.1, -0.05) is 42.5 Å². The maximum Gasteiger partial charge on any atom is 0.417 e. The molecule has 0 aliphatic carbocycles. The van der Waals surface area contributed by atoms with Crippen molar-refractivity contribution in [3.8, 4) is 0 Å². The summed E-state index contributed by atoms with van der Waals surface area (Å²) in [7, 11) is -5.26. The first kappa shape index (κ1) is 27.4. The second-order valence-electron chi connectivity index (χ2n) is 8.41. The van der Waals surface area contributed by atoms with Crippen molar-refractivity contribution in [3.63, 3.8) is 0 Å². The highest BCUT2D eigenvalue weighted by Crippen LogP contribution is 2.55. The highest BCUT2D eigenvalue weighted by Gasteiger charge is 2.50. The molecule has 0 saturated carbocycles. The summed E-state index contributed by atoms with van der Waals surface area (Å²) in [5.74, 6) is 0. The Morgan fingerprint density at radius 2 is 1.11 bits per heavy atom. The third-order valence-corrected chi connectivity index (χ3v) is 8.77. The van der Waals surface area contributed by atoms with Crippen molar-refractivity contribution < 1.29 is 40.5 Å². The molecule has 3 rings (SSSR count). The molecule has 0 bridgehead atoms. The van der Waals surface area contributed by atoms with Gasteiger partial charge >= 0.3 is 12.4 Å². The highest BCUT2D eigenvalue weighted by molar-refractivity contribution is 8.01. The molecule has 3 aromatic carbocycles. The van der Waals surface area contributed by atoms with Crippen LogP contribution in [0, 0.1) is 27.7 Å². The first-order valence-corrected chi connectivity index (χ1v) is 12.3. The minimum Gasteiger partial charge on any atom is -0.302 e. The summed E-state index contributed by atoms with van der Waals surface area (Å²) in [6.45, 7) is 6.43. The van der Waals surface area contributed by atoms with Gasteiger partial charge in [-0.05, 0) is 62.1 Å². The van der Waals surface area contributed by atoms with E-state index in [1.165, 1.54) is 32.0 Å². The fraction of sp³-hybridized carbons (Fsp3) is 0.231. The fourth-order valence-corrected chi connectivity index (χ4v) is 6.61. The van der Waals surface area contributed by atoms with Gasteiger partial charge in [0.05, 0.1) is 16.7 Å². The second-order valence-corrected chi connectivity index (χ2v) is 11.0. The van der Waals surface area contributed by atoms with Crippen LogP contribution in [-0.4, -0.2) is 11.0 Å². The summed E-state index contributed by atoms with van der Waals surface area (Å²) in [6, 6.07) is 8.91. The minimum atomic E-state index is -5.39. The molecule has 0 fully saturated rings. The van der Waals surface area contributed by atoms with Crippen molar-refractivity contribution in [1.29, 1.82) is 0 Å². The van der Waals surface area contributed by atoms with Crippen LogP contribution in [0.15, 0.2) is 54.6 Å². The number of hydrogen-bond acceptors (Lipinski definition) is 3. The topological polar surface area (TPSA) is 51.2 Å². The van der Waals surface area contributed by atoms with Crippen molar-refractivity contribution >= 4 is 23.5 Å². The van der Waals surface area contributed by atoms with Crippen LogP contribution >= 0.6 is 7.14 Å². The van der Waals surface area contributed by atoms with Crippen LogP contribution in [0.1, 0.15) is 54.1 Å². The molecule has 0 saturated heterocycles. The van der Waals surface area contributed by atoms with E-state index in [2.05, 4.69) is 0 Å². The smallest absolute Gasteiger partial charge is 0.302 e. The van der Waals surface area contributed by atoms with E-state index in [1.807, 2.05) is 0 Å². The van der Waals surface area contributed by atoms with Crippen LogP contribution in [0.4, 0.5) is 26.3 Å². The number of rotatable bonds is 5. The molecule has 3 nitrogen and oxygen atoms in total. The van der Waals surface area contributed by atoms with E-state index in [1.54, 1.807) is 19.9 Å². The van der Waals surface area contributed by atoms with Gasteiger partial charge in [-0.25, -0.2) is 0 Å². The van der Waals surface area contributed by atoms with E-state index in [0.29, 0.717) is 34.9 Å². The summed E-state index contributed by atoms with van der Waals surface area (Å²) in [5.41, 5.74) is -7.16. The molecule has 0 aliphatic heterocycles. The van der Waals surface area contributed by atoms with Crippen LogP contribution in [0.5, 0.6) is 0 Å². The average molecular weight is 526 g/mol. The molecular weight excluding hydrogens is 505 g/mol. The molecule has 1 unspecified atom stereocenters. The molecule has 0 spiro atoms. The zero-order valence-electron chi connectivity index (χ0n) is 19.6. The lowest BCUT2D eigenvalue weighted by Gasteiger charge is -2.24. The van der Waals surface area contributed by atoms with Crippen LogP contribution in [0.3, 0.4) is 0 Å². The molecule has 0 aromatic heterocycles. The summed E-state index contributed by atoms with van der Waals surface area (Å²) >= 11 is 0. The molecule has 3 aromatic rings. The van der Waals surface area contributed by atoms with Gasteiger partial charge in [0.15, 0.2) is 0 Å². The lowest BCUT2D eigenvalue weighted by Crippen LogP contribution is -2.26. The van der Waals surface area contributed by atoms with Gasteiger partial charge in [0, 0.05) is 10.9 Å². The normalized spacial score (nSPS) is 13.8. The number of carbonyl (C=O) groups is 2. The third-order valence-electron chi connectivity index (χ3n) is 6.15. The lowest BCUT2D eigenvalue weighted by atomic mass is 9.95. The summed E-state index contributed by atoms with van der Waals surface area (Å²) in [4.78, 5) is 27.6. The zero-order chi connectivity index (χ0) is 27.2. The number of carbonyl (C=O) groups excluding carboxylic acids is 2. The van der Waals surface area contributed by atoms with E-state index < -0.39 is 52.5 Å². The third kappa shape index (κ3) is 4.64. The molecule has 0 amide bonds. The number of hydrogen-bond donors (Lipinski definition) is 0. The van der Waals surface area contributed by atoms with E-state index in [4.69, 9.17) is 0 Å². The average Bonchev–Trinajstić information content (AvgIpc) is 2.80. The number of benzene rings is 3. The van der Waals surface area contributed by atoms with Crippen molar-refractivity contribution in [1.82, 2.24) is 0 Å². The lowest BCUT2D eigenvalue weighted by molar-refractivity contribution is -0.143. The second kappa shape index (κ2) is 9.36. The van der Waals surface area contributed by atoms with Crippen molar-refractivity contribution in [2.45, 2.75) is 40.0 Å². The Balaban J connectivity index is 2.45. The number of aryl methyl sites for hydroxylation is 2. The van der Waals surface area contributed by atoms with Crippen LogP contribution < -0.4 is 5.30 Å². The molecule has 0 radical (unpaired) electrons. The van der Waals surface area contributed by atoms with Crippen LogP contribution in [-0.2, 0) is 16.9 Å². The van der Waals surface area contributed by atoms with Gasteiger partial charge in [-0.15, -0.1) is 0 Å². The SMILES string of the molecule is Cc1cc(C)c(C(=O)P(=O)(C(=O)c2c(C(F)(F)F)cccc2C(F)(F)F)c2ccccc2)c(C)c1C. The summed E-state index contributed by atoms with van der Waals surface area (Å²) < 4.78 is 97.4. The van der Waals surface area contributed by atoms with Gasteiger partial charge in [0.2, 0.25) is 18.2 Å². The minimum absolute atomic E-state index is 0.170. The summed E-state index contributed by atoms with van der Waals surface area (Å²) in [6.07, 6.45) is -10.8. The van der Waals surface area contributed by atoms with E-state index in [0.717, 1.165) is 17.7 Å². The molecule has 10 heteroatoms. The van der Waals surface area contributed by atoms with Gasteiger partial charge in [-0.2, -0.15) is 26.3 Å². The van der Waals surface area contributed by atoms with Crippen molar-refractivity contribution in [2.75, 3.05) is 0 Å². The summed E-state index contributed by atoms with van der Waals surface area (Å²) in [5, 5.41) is -0.456. The fourth-order valence-electron chi connectivity index (χ4n) is 4.15. The van der Waals surface area contributed by atoms with Gasteiger partial charge < -0.3 is 4.57 Å². The Hall–Kier alpha value is -3.19. The van der Waals surface area contributed by atoms with Crippen LogP contribution in [0.2, 0.25) is 0 Å². The first-order chi connectivity index (χ1) is 16.5. The Labute approximate surface area is 203 Å². The van der Waals surface area contributed by atoms with E-state index >= 15 is 0 Å². The van der Waals surface area contributed by atoms with Crippen LogP contribution in [0.25, 0.3) is 0 Å². The first-order valence-electron chi connectivity index (χ1n) is 10.6. The standard InChI is InChI=1S/C26H21F6O3P/c1-14-13-15(2)21(17(4)16(14)3)23(33)36(35,18-9-6-5-7-10-18)24(34)22-19(25(27,28)29)11-8-12-20(22)26(30,31)32/h5-13H,1-4H3. The largest absolute Gasteiger partial charge is 0.417 e. The molecule has 36 heavy (non-hydrogen) atoms. The zero-order valence-corrected chi connectivity index (χ0v) is 20.5. The Morgan fingerprint density at radius 1 is 0.639 bits per heavy atom. The van der Waals surface area contributed by atoms with Gasteiger partial charge in [0.1, 0.15) is 0 Å². The quantitative estimate of drug-likeness (QED) is 0.254. The van der Waals surface area contributed by atoms with Gasteiger partial charge in [-0.3, -0.25) is 9.59 Å².